The minimum absolute atomic E-state index is 0.120. The molecular weight excluding hydrogens is 479 g/mol. The maximum Gasteiger partial charge on any atom is 0.416 e. The first kappa shape index (κ1) is 24.6. The maximum atomic E-state index is 13.8. The van der Waals surface area contributed by atoms with E-state index in [4.69, 9.17) is 9.72 Å². The van der Waals surface area contributed by atoms with Crippen LogP contribution in [-0.2, 0) is 6.18 Å². The van der Waals surface area contributed by atoms with Gasteiger partial charge in [0.25, 0.3) is 5.91 Å². The molecule has 0 atom stereocenters. The molecule has 37 heavy (non-hydrogen) atoms. The molecule has 0 spiro atoms. The predicted octanol–water partition coefficient (Wildman–Crippen LogP) is 6.20. The quantitative estimate of drug-likeness (QED) is 0.331. The first-order chi connectivity index (χ1) is 17.7. The van der Waals surface area contributed by atoms with Crippen LogP contribution in [0.15, 0.2) is 72.8 Å². The van der Waals surface area contributed by atoms with Gasteiger partial charge in [0.2, 0.25) is 0 Å². The van der Waals surface area contributed by atoms with E-state index in [-0.39, 0.29) is 5.91 Å². The second-order valence-corrected chi connectivity index (χ2v) is 9.13. The molecule has 1 saturated heterocycles. The summed E-state index contributed by atoms with van der Waals surface area (Å²) in [5.74, 6) is 0.577. The molecule has 3 aromatic carbocycles. The van der Waals surface area contributed by atoms with Gasteiger partial charge in [0.1, 0.15) is 5.75 Å². The van der Waals surface area contributed by atoms with Crippen molar-refractivity contribution in [1.29, 1.82) is 0 Å². The third kappa shape index (κ3) is 5.09. The number of benzene rings is 3. The highest BCUT2D eigenvalue weighted by Crippen LogP contribution is 2.32. The van der Waals surface area contributed by atoms with Gasteiger partial charge in [0.15, 0.2) is 0 Å². The van der Waals surface area contributed by atoms with Crippen LogP contribution in [0.25, 0.3) is 22.2 Å². The van der Waals surface area contributed by atoms with E-state index in [0.717, 1.165) is 34.2 Å². The molecule has 0 N–H and O–H groups in total. The van der Waals surface area contributed by atoms with Crippen LogP contribution in [0.4, 0.5) is 18.9 Å². The van der Waals surface area contributed by atoms with Gasteiger partial charge in [-0.2, -0.15) is 13.2 Å². The molecular formula is C29H26F3N3O2. The molecule has 4 aromatic rings. The Hall–Kier alpha value is -4.07. The molecule has 5 rings (SSSR count). The molecule has 1 amide bonds. The number of piperazine rings is 1. The molecule has 0 unspecified atom stereocenters. The van der Waals surface area contributed by atoms with Crippen molar-refractivity contribution >= 4 is 22.5 Å². The minimum atomic E-state index is -4.39. The minimum Gasteiger partial charge on any atom is -0.497 e. The van der Waals surface area contributed by atoms with Crippen LogP contribution >= 0.6 is 0 Å². The molecule has 1 fully saturated rings. The van der Waals surface area contributed by atoms with Crippen molar-refractivity contribution in [2.24, 2.45) is 0 Å². The second kappa shape index (κ2) is 9.76. The molecule has 0 radical (unpaired) electrons. The summed E-state index contributed by atoms with van der Waals surface area (Å²) in [6.07, 6.45) is -4.39. The largest absolute Gasteiger partial charge is 0.497 e. The van der Waals surface area contributed by atoms with E-state index in [9.17, 15) is 18.0 Å². The van der Waals surface area contributed by atoms with E-state index in [0.29, 0.717) is 48.9 Å². The number of hydrogen-bond donors (Lipinski definition) is 0. The number of fused-ring (bicyclic) bond motifs is 1. The fourth-order valence-electron chi connectivity index (χ4n) is 4.66. The number of aromatic nitrogens is 1. The molecule has 1 aromatic heterocycles. The fraction of sp³-hybridized carbons (Fsp3) is 0.241. The zero-order valence-corrected chi connectivity index (χ0v) is 20.5. The highest BCUT2D eigenvalue weighted by Gasteiger charge is 2.31. The Morgan fingerprint density at radius 3 is 2.41 bits per heavy atom. The summed E-state index contributed by atoms with van der Waals surface area (Å²) < 4.78 is 44.8. The van der Waals surface area contributed by atoms with Gasteiger partial charge in [-0.05, 0) is 55.5 Å². The highest BCUT2D eigenvalue weighted by molar-refractivity contribution is 6.07. The summed E-state index contributed by atoms with van der Waals surface area (Å²) in [6.45, 7) is 3.66. The smallest absolute Gasteiger partial charge is 0.416 e. The number of rotatable bonds is 4. The van der Waals surface area contributed by atoms with Crippen molar-refractivity contribution < 1.29 is 22.7 Å². The van der Waals surface area contributed by atoms with Gasteiger partial charge in [0, 0.05) is 42.8 Å². The second-order valence-electron chi connectivity index (χ2n) is 9.13. The van der Waals surface area contributed by atoms with Crippen molar-refractivity contribution in [1.82, 2.24) is 9.88 Å². The van der Waals surface area contributed by atoms with Crippen molar-refractivity contribution in [3.05, 3.63) is 89.5 Å². The average molecular weight is 506 g/mol. The normalized spacial score (nSPS) is 14.2. The number of alkyl halides is 3. The number of nitrogens with zero attached hydrogens (tertiary/aromatic N) is 3. The van der Waals surface area contributed by atoms with Crippen LogP contribution in [0, 0.1) is 6.92 Å². The van der Waals surface area contributed by atoms with Crippen molar-refractivity contribution in [3.8, 4) is 17.0 Å². The molecule has 1 aliphatic rings. The molecule has 0 aliphatic carbocycles. The zero-order valence-electron chi connectivity index (χ0n) is 20.5. The van der Waals surface area contributed by atoms with E-state index in [1.54, 1.807) is 18.1 Å². The lowest BCUT2D eigenvalue weighted by Crippen LogP contribution is -2.48. The van der Waals surface area contributed by atoms with E-state index in [1.807, 2.05) is 60.4 Å². The molecule has 1 aliphatic heterocycles. The summed E-state index contributed by atoms with van der Waals surface area (Å²) in [4.78, 5) is 22.2. The predicted molar refractivity (Wildman–Crippen MR) is 138 cm³/mol. The summed E-state index contributed by atoms with van der Waals surface area (Å²) >= 11 is 0. The lowest BCUT2D eigenvalue weighted by Gasteiger charge is -2.36. The van der Waals surface area contributed by atoms with Crippen molar-refractivity contribution in [3.63, 3.8) is 0 Å². The third-order valence-corrected chi connectivity index (χ3v) is 6.67. The first-order valence-electron chi connectivity index (χ1n) is 12.0. The van der Waals surface area contributed by atoms with E-state index >= 15 is 0 Å². The Bertz CT molecular complexity index is 1460. The van der Waals surface area contributed by atoms with E-state index in [2.05, 4.69) is 0 Å². The van der Waals surface area contributed by atoms with Crippen molar-refractivity contribution in [2.75, 3.05) is 38.2 Å². The Morgan fingerprint density at radius 2 is 1.68 bits per heavy atom. The molecule has 5 nitrogen and oxygen atoms in total. The number of ether oxygens (including phenoxy) is 1. The fourth-order valence-corrected chi connectivity index (χ4v) is 4.66. The summed E-state index contributed by atoms with van der Waals surface area (Å²) in [6, 6.07) is 20.5. The Kier molecular flexibility index (Phi) is 6.50. The topological polar surface area (TPSA) is 45.7 Å². The summed E-state index contributed by atoms with van der Waals surface area (Å²) in [7, 11) is 1.60. The Balaban J connectivity index is 1.43. The average Bonchev–Trinajstić information content (AvgIpc) is 2.92. The molecule has 2 heterocycles. The number of amides is 1. The van der Waals surface area contributed by atoms with Gasteiger partial charge < -0.3 is 14.5 Å². The SMILES string of the molecule is COc1cccc(-c2cc(C(=O)N3CCN(c4cccc(C(F)(F)F)c4)CC3)c3cc(C)ccc3n2)c1. The number of carbonyl (C=O) groups is 1. The number of halogens is 3. The van der Waals surface area contributed by atoms with Crippen LogP contribution in [-0.4, -0.2) is 49.1 Å². The summed E-state index contributed by atoms with van der Waals surface area (Å²) in [5, 5.41) is 0.775. The van der Waals surface area contributed by atoms with Crippen LogP contribution < -0.4 is 9.64 Å². The van der Waals surface area contributed by atoms with Crippen LogP contribution in [0.3, 0.4) is 0 Å². The number of hydrogen-bond acceptors (Lipinski definition) is 4. The Morgan fingerprint density at radius 1 is 0.919 bits per heavy atom. The van der Waals surface area contributed by atoms with Gasteiger partial charge >= 0.3 is 6.18 Å². The van der Waals surface area contributed by atoms with E-state index < -0.39 is 11.7 Å². The highest BCUT2D eigenvalue weighted by atomic mass is 19.4. The standard InChI is InChI=1S/C29H26F3N3O2/c1-19-9-10-26-24(15-19)25(18-27(33-26)20-5-3-8-23(16-20)37-2)28(36)35-13-11-34(12-14-35)22-7-4-6-21(17-22)29(30,31)32/h3-10,15-18H,11-14H2,1-2H3. The van der Waals surface area contributed by atoms with Gasteiger partial charge in [-0.3, -0.25) is 4.79 Å². The number of pyridine rings is 1. The lowest BCUT2D eigenvalue weighted by molar-refractivity contribution is -0.137. The summed E-state index contributed by atoms with van der Waals surface area (Å²) in [5.41, 5.74) is 3.63. The number of aryl methyl sites for hydroxylation is 1. The first-order valence-corrected chi connectivity index (χ1v) is 12.0. The lowest BCUT2D eigenvalue weighted by atomic mass is 10.0. The van der Waals surface area contributed by atoms with E-state index in [1.165, 1.54) is 6.07 Å². The zero-order chi connectivity index (χ0) is 26.2. The third-order valence-electron chi connectivity index (χ3n) is 6.67. The van der Waals surface area contributed by atoms with Gasteiger partial charge in [-0.15, -0.1) is 0 Å². The van der Waals surface area contributed by atoms with Crippen LogP contribution in [0.2, 0.25) is 0 Å². The number of carbonyl (C=O) groups excluding carboxylic acids is 1. The van der Waals surface area contributed by atoms with Gasteiger partial charge in [-0.25, -0.2) is 4.98 Å². The molecule has 0 bridgehead atoms. The number of methoxy groups -OCH3 is 1. The van der Waals surface area contributed by atoms with Gasteiger partial charge in [0.05, 0.1) is 29.4 Å². The molecule has 0 saturated carbocycles. The molecule has 8 heteroatoms. The number of anilines is 1. The van der Waals surface area contributed by atoms with Crippen molar-refractivity contribution in [2.45, 2.75) is 13.1 Å². The Labute approximate surface area is 213 Å². The van der Waals surface area contributed by atoms with Crippen LogP contribution in [0.1, 0.15) is 21.5 Å². The molecule has 190 valence electrons. The van der Waals surface area contributed by atoms with Crippen LogP contribution in [0.5, 0.6) is 5.75 Å². The maximum absolute atomic E-state index is 13.8. The van der Waals surface area contributed by atoms with Gasteiger partial charge in [-0.1, -0.05) is 29.8 Å². The monoisotopic (exact) mass is 505 g/mol.